The van der Waals surface area contributed by atoms with Gasteiger partial charge >= 0.3 is 0 Å². The molecule has 0 radical (unpaired) electrons. The van der Waals surface area contributed by atoms with E-state index in [1.54, 1.807) is 0 Å². The number of hydrogen-bond donors (Lipinski definition) is 1. The molecule has 0 aromatic heterocycles. The van der Waals surface area contributed by atoms with Gasteiger partial charge < -0.3 is 5.32 Å². The van der Waals surface area contributed by atoms with Gasteiger partial charge in [-0.1, -0.05) is 13.8 Å². The van der Waals surface area contributed by atoms with E-state index in [4.69, 9.17) is 0 Å². The third-order valence-corrected chi connectivity index (χ3v) is 1.94. The molecule has 0 bridgehead atoms. The molecule has 1 rings (SSSR count). The average molecular weight is 139 g/mol. The third-order valence-electron chi connectivity index (χ3n) is 1.94. The summed E-state index contributed by atoms with van der Waals surface area (Å²) in [7, 11) is 0. The lowest BCUT2D eigenvalue weighted by Crippen LogP contribution is -2.17. The second-order valence-corrected chi connectivity index (χ2v) is 2.47. The van der Waals surface area contributed by atoms with Crippen LogP contribution in [0.4, 0.5) is 0 Å². The molecular weight excluding hydrogens is 126 g/mol. The maximum atomic E-state index is 11.0. The molecule has 0 aromatic rings. The highest BCUT2D eigenvalue weighted by Crippen LogP contribution is 2.16. The van der Waals surface area contributed by atoms with Crippen LogP contribution >= 0.6 is 0 Å². The molecule has 2 nitrogen and oxygen atoms in total. The molecule has 1 aliphatic rings. The minimum atomic E-state index is 0.138. The van der Waals surface area contributed by atoms with Gasteiger partial charge in [0.1, 0.15) is 0 Å². The summed E-state index contributed by atoms with van der Waals surface area (Å²) in [5.41, 5.74) is 2.29. The molecule has 1 N–H and O–H groups in total. The van der Waals surface area contributed by atoms with Crippen LogP contribution in [0.5, 0.6) is 0 Å². The third kappa shape index (κ3) is 1.06. The van der Waals surface area contributed by atoms with Gasteiger partial charge in [-0.3, -0.25) is 4.79 Å². The first-order valence-electron chi connectivity index (χ1n) is 3.78. The van der Waals surface area contributed by atoms with Crippen molar-refractivity contribution in [2.45, 2.75) is 26.7 Å². The van der Waals surface area contributed by atoms with Crippen LogP contribution in [-0.2, 0) is 4.79 Å². The smallest absolute Gasteiger partial charge is 0.247 e. The number of hydrogen-bond acceptors (Lipinski definition) is 1. The summed E-state index contributed by atoms with van der Waals surface area (Å²) < 4.78 is 0. The van der Waals surface area contributed by atoms with Crippen molar-refractivity contribution in [3.8, 4) is 0 Å². The zero-order chi connectivity index (χ0) is 7.56. The Balaban J connectivity index is 2.81. The van der Waals surface area contributed by atoms with Crippen LogP contribution in [0.1, 0.15) is 26.7 Å². The van der Waals surface area contributed by atoms with E-state index in [0.29, 0.717) is 0 Å². The van der Waals surface area contributed by atoms with Crippen LogP contribution in [0, 0.1) is 0 Å². The first-order valence-corrected chi connectivity index (χ1v) is 3.78. The van der Waals surface area contributed by atoms with Gasteiger partial charge in [0.05, 0.1) is 0 Å². The van der Waals surface area contributed by atoms with E-state index in [2.05, 4.69) is 12.2 Å². The van der Waals surface area contributed by atoms with Gasteiger partial charge in [-0.15, -0.1) is 0 Å². The Hall–Kier alpha value is -0.790. The normalized spacial score (nSPS) is 18.0. The van der Waals surface area contributed by atoms with Crippen molar-refractivity contribution < 1.29 is 4.79 Å². The Kier molecular flexibility index (Phi) is 2.10. The quantitative estimate of drug-likeness (QED) is 0.612. The summed E-state index contributed by atoms with van der Waals surface area (Å²) in [6.45, 7) is 4.89. The SMILES string of the molecule is CCC1=C(CC)C(=O)NC1. The van der Waals surface area contributed by atoms with Gasteiger partial charge in [0.2, 0.25) is 5.91 Å². The number of carbonyl (C=O) groups excluding carboxylic acids is 1. The zero-order valence-corrected chi connectivity index (χ0v) is 6.53. The second-order valence-electron chi connectivity index (χ2n) is 2.47. The highest BCUT2D eigenvalue weighted by Gasteiger charge is 2.18. The highest BCUT2D eigenvalue weighted by molar-refractivity contribution is 5.96. The van der Waals surface area contributed by atoms with Crippen LogP contribution in [0.2, 0.25) is 0 Å². The van der Waals surface area contributed by atoms with E-state index in [-0.39, 0.29) is 5.91 Å². The van der Waals surface area contributed by atoms with Gasteiger partial charge in [0.25, 0.3) is 0 Å². The van der Waals surface area contributed by atoms with E-state index < -0.39 is 0 Å². The number of amides is 1. The Bertz CT molecular complexity index is 182. The predicted molar refractivity (Wildman–Crippen MR) is 40.6 cm³/mol. The first kappa shape index (κ1) is 7.32. The summed E-state index contributed by atoms with van der Waals surface area (Å²) in [4.78, 5) is 11.0. The van der Waals surface area contributed by atoms with Crippen molar-refractivity contribution in [3.63, 3.8) is 0 Å². The molecule has 1 amide bonds. The van der Waals surface area contributed by atoms with Crippen LogP contribution in [0.15, 0.2) is 11.1 Å². The van der Waals surface area contributed by atoms with Gasteiger partial charge in [0, 0.05) is 12.1 Å². The number of carbonyl (C=O) groups is 1. The largest absolute Gasteiger partial charge is 0.349 e. The molecule has 1 aliphatic heterocycles. The van der Waals surface area contributed by atoms with Gasteiger partial charge in [-0.2, -0.15) is 0 Å². The summed E-state index contributed by atoms with van der Waals surface area (Å²) in [6, 6.07) is 0. The molecule has 10 heavy (non-hydrogen) atoms. The minimum absolute atomic E-state index is 0.138. The predicted octanol–water partition coefficient (Wildman–Crippen LogP) is 1.23. The molecule has 0 saturated carbocycles. The molecule has 0 fully saturated rings. The van der Waals surface area contributed by atoms with Gasteiger partial charge in [-0.25, -0.2) is 0 Å². The molecule has 56 valence electrons. The standard InChI is InChI=1S/C8H13NO/c1-3-6-5-9-8(10)7(6)4-2/h3-5H2,1-2H3,(H,9,10). The number of rotatable bonds is 2. The molecular formula is C8H13NO. The molecule has 0 unspecified atom stereocenters. The van der Waals surface area contributed by atoms with Crippen molar-refractivity contribution in [3.05, 3.63) is 11.1 Å². The fraction of sp³-hybridized carbons (Fsp3) is 0.625. The van der Waals surface area contributed by atoms with E-state index in [1.165, 1.54) is 5.57 Å². The van der Waals surface area contributed by atoms with Crippen molar-refractivity contribution in [1.82, 2.24) is 5.32 Å². The Morgan fingerprint density at radius 2 is 2.10 bits per heavy atom. The minimum Gasteiger partial charge on any atom is -0.349 e. The summed E-state index contributed by atoms with van der Waals surface area (Å²) >= 11 is 0. The lowest BCUT2D eigenvalue weighted by Gasteiger charge is -1.95. The topological polar surface area (TPSA) is 29.1 Å². The molecule has 0 aliphatic carbocycles. The van der Waals surface area contributed by atoms with E-state index >= 15 is 0 Å². The summed E-state index contributed by atoms with van der Waals surface area (Å²) in [5.74, 6) is 0.138. The maximum absolute atomic E-state index is 11.0. The van der Waals surface area contributed by atoms with E-state index in [1.807, 2.05) is 6.92 Å². The number of nitrogens with one attached hydrogen (secondary N) is 1. The van der Waals surface area contributed by atoms with Crippen LogP contribution in [0.25, 0.3) is 0 Å². The highest BCUT2D eigenvalue weighted by atomic mass is 16.1. The van der Waals surface area contributed by atoms with E-state index in [0.717, 1.165) is 25.0 Å². The van der Waals surface area contributed by atoms with Gasteiger partial charge in [-0.05, 0) is 18.4 Å². The molecule has 0 spiro atoms. The fourth-order valence-electron chi connectivity index (χ4n) is 1.31. The van der Waals surface area contributed by atoms with Crippen LogP contribution < -0.4 is 5.32 Å². The Morgan fingerprint density at radius 3 is 2.50 bits per heavy atom. The van der Waals surface area contributed by atoms with Gasteiger partial charge in [0.15, 0.2) is 0 Å². The molecule has 2 heteroatoms. The lowest BCUT2D eigenvalue weighted by molar-refractivity contribution is -0.116. The van der Waals surface area contributed by atoms with Crippen molar-refractivity contribution >= 4 is 5.91 Å². The van der Waals surface area contributed by atoms with Crippen molar-refractivity contribution in [2.75, 3.05) is 6.54 Å². The lowest BCUT2D eigenvalue weighted by atomic mass is 10.1. The molecule has 0 aromatic carbocycles. The fourth-order valence-corrected chi connectivity index (χ4v) is 1.31. The summed E-state index contributed by atoms with van der Waals surface area (Å²) in [5, 5.41) is 2.81. The Morgan fingerprint density at radius 1 is 1.40 bits per heavy atom. The monoisotopic (exact) mass is 139 g/mol. The summed E-state index contributed by atoms with van der Waals surface area (Å²) in [6.07, 6.45) is 1.87. The Labute approximate surface area is 61.3 Å². The van der Waals surface area contributed by atoms with Crippen molar-refractivity contribution in [2.24, 2.45) is 0 Å². The second kappa shape index (κ2) is 2.86. The first-order chi connectivity index (χ1) is 4.79. The average Bonchev–Trinajstić information content (AvgIpc) is 2.30. The maximum Gasteiger partial charge on any atom is 0.247 e. The zero-order valence-electron chi connectivity index (χ0n) is 6.53. The molecule has 1 heterocycles. The van der Waals surface area contributed by atoms with E-state index in [9.17, 15) is 4.79 Å². The van der Waals surface area contributed by atoms with Crippen molar-refractivity contribution in [1.29, 1.82) is 0 Å². The molecule has 0 saturated heterocycles. The van der Waals surface area contributed by atoms with Crippen LogP contribution in [0.3, 0.4) is 0 Å². The molecule has 0 atom stereocenters. The van der Waals surface area contributed by atoms with Crippen LogP contribution in [-0.4, -0.2) is 12.5 Å².